The zero-order valence-electron chi connectivity index (χ0n) is 16.4. The second-order valence-corrected chi connectivity index (χ2v) is 9.23. The quantitative estimate of drug-likeness (QED) is 0.747. The Morgan fingerprint density at radius 2 is 1.59 bits per heavy atom. The first-order valence-corrected chi connectivity index (χ1v) is 10.7. The molecule has 29 heavy (non-hydrogen) atoms. The lowest BCUT2D eigenvalue weighted by Gasteiger charge is -2.35. The van der Waals surface area contributed by atoms with Crippen LogP contribution in [0.5, 0.6) is 0 Å². The van der Waals surface area contributed by atoms with Gasteiger partial charge in [0, 0.05) is 43.9 Å². The van der Waals surface area contributed by atoms with Gasteiger partial charge in [-0.25, -0.2) is 18.4 Å². The number of alkyl halides is 3. The minimum atomic E-state index is -4.50. The first-order valence-electron chi connectivity index (χ1n) is 9.26. The lowest BCUT2D eigenvalue weighted by molar-refractivity contribution is -0.137. The number of piperazine rings is 1. The predicted molar refractivity (Wildman–Crippen MR) is 103 cm³/mol. The Labute approximate surface area is 168 Å². The number of nitrogens with zero attached hydrogens (tertiary/aromatic N) is 4. The van der Waals surface area contributed by atoms with Gasteiger partial charge in [0.15, 0.2) is 0 Å². The van der Waals surface area contributed by atoms with Gasteiger partial charge in [-0.3, -0.25) is 0 Å². The number of hydrogen-bond donors (Lipinski definition) is 0. The van der Waals surface area contributed by atoms with Crippen LogP contribution in [0.4, 0.5) is 19.0 Å². The molecule has 2 aromatic rings. The van der Waals surface area contributed by atoms with E-state index in [-0.39, 0.29) is 23.9 Å². The third-order valence-corrected chi connectivity index (χ3v) is 6.67. The van der Waals surface area contributed by atoms with E-state index in [4.69, 9.17) is 0 Å². The Balaban J connectivity index is 1.73. The maximum atomic E-state index is 12.8. The minimum Gasteiger partial charge on any atom is -0.354 e. The molecule has 6 nitrogen and oxygen atoms in total. The highest BCUT2D eigenvalue weighted by Crippen LogP contribution is 2.30. The van der Waals surface area contributed by atoms with E-state index in [1.807, 2.05) is 31.7 Å². The second kappa shape index (κ2) is 7.91. The average molecular weight is 428 g/mol. The fourth-order valence-electron chi connectivity index (χ4n) is 3.12. The van der Waals surface area contributed by atoms with Crippen molar-refractivity contribution in [3.63, 3.8) is 0 Å². The van der Waals surface area contributed by atoms with Gasteiger partial charge in [-0.05, 0) is 31.2 Å². The van der Waals surface area contributed by atoms with Gasteiger partial charge >= 0.3 is 6.18 Å². The molecule has 0 bridgehead atoms. The van der Waals surface area contributed by atoms with Gasteiger partial charge in [-0.1, -0.05) is 13.8 Å². The molecular formula is C19H23F3N4O2S. The Kier molecular flexibility index (Phi) is 5.86. The molecule has 3 rings (SSSR count). The first-order chi connectivity index (χ1) is 13.5. The van der Waals surface area contributed by atoms with Gasteiger partial charge < -0.3 is 4.90 Å². The molecule has 10 heteroatoms. The molecule has 1 aliphatic heterocycles. The third kappa shape index (κ3) is 4.69. The van der Waals surface area contributed by atoms with E-state index in [2.05, 4.69) is 9.97 Å². The standard InChI is InChI=1S/C19H23F3N4O2S/c1-13(2)18-23-14(3)12-17(24-18)25-8-10-26(11-9-25)29(27,28)16-6-4-15(5-7-16)19(20,21)22/h4-7,12-13H,8-11H2,1-3H3. The van der Waals surface area contributed by atoms with E-state index in [1.54, 1.807) is 0 Å². The summed E-state index contributed by atoms with van der Waals surface area (Å²) in [4.78, 5) is 10.9. The number of aromatic nitrogens is 2. The van der Waals surface area contributed by atoms with Crippen LogP contribution in [-0.2, 0) is 16.2 Å². The predicted octanol–water partition coefficient (Wildman–Crippen LogP) is 3.44. The molecule has 0 N–H and O–H groups in total. The first kappa shape index (κ1) is 21.5. The van der Waals surface area contributed by atoms with Crippen LogP contribution < -0.4 is 4.90 Å². The normalized spacial score (nSPS) is 16.4. The summed E-state index contributed by atoms with van der Waals surface area (Å²) in [5.74, 6) is 1.67. The smallest absolute Gasteiger partial charge is 0.354 e. The van der Waals surface area contributed by atoms with Crippen LogP contribution in [-0.4, -0.2) is 48.9 Å². The SMILES string of the molecule is Cc1cc(N2CCN(S(=O)(=O)c3ccc(C(F)(F)F)cc3)CC2)nc(C(C)C)n1. The number of sulfonamides is 1. The fourth-order valence-corrected chi connectivity index (χ4v) is 4.54. The number of anilines is 1. The van der Waals surface area contributed by atoms with Crippen molar-refractivity contribution in [2.24, 2.45) is 0 Å². The van der Waals surface area contributed by atoms with Crippen molar-refractivity contribution in [3.8, 4) is 0 Å². The summed E-state index contributed by atoms with van der Waals surface area (Å²) in [7, 11) is -3.85. The van der Waals surface area contributed by atoms with Crippen molar-refractivity contribution in [2.45, 2.75) is 37.8 Å². The van der Waals surface area contributed by atoms with E-state index < -0.39 is 21.8 Å². The molecule has 158 valence electrons. The summed E-state index contributed by atoms with van der Waals surface area (Å²) >= 11 is 0. The molecule has 0 amide bonds. The molecule has 0 spiro atoms. The maximum Gasteiger partial charge on any atom is 0.416 e. The molecule has 1 aromatic heterocycles. The van der Waals surface area contributed by atoms with Crippen LogP contribution in [0.25, 0.3) is 0 Å². The van der Waals surface area contributed by atoms with Crippen molar-refractivity contribution in [1.82, 2.24) is 14.3 Å². The molecule has 1 fully saturated rings. The molecule has 0 unspecified atom stereocenters. The molecule has 0 radical (unpaired) electrons. The zero-order chi connectivity index (χ0) is 21.4. The average Bonchev–Trinajstić information content (AvgIpc) is 2.67. The summed E-state index contributed by atoms with van der Waals surface area (Å²) in [6.45, 7) is 7.23. The maximum absolute atomic E-state index is 12.8. The molecule has 0 saturated carbocycles. The van der Waals surface area contributed by atoms with Crippen LogP contribution in [0.15, 0.2) is 35.2 Å². The molecule has 0 aliphatic carbocycles. The zero-order valence-corrected chi connectivity index (χ0v) is 17.3. The highest BCUT2D eigenvalue weighted by atomic mass is 32.2. The Hall–Kier alpha value is -2.20. The van der Waals surface area contributed by atoms with Crippen molar-refractivity contribution < 1.29 is 21.6 Å². The molecule has 0 atom stereocenters. The molecule has 2 heterocycles. The summed E-state index contributed by atoms with van der Waals surface area (Å²) in [6.07, 6.45) is -4.50. The minimum absolute atomic E-state index is 0.140. The molecule has 1 aromatic carbocycles. The van der Waals surface area contributed by atoms with E-state index in [0.717, 1.165) is 41.6 Å². The van der Waals surface area contributed by atoms with E-state index in [0.29, 0.717) is 13.1 Å². The van der Waals surface area contributed by atoms with Crippen molar-refractivity contribution in [1.29, 1.82) is 0 Å². The van der Waals surface area contributed by atoms with E-state index in [1.165, 1.54) is 4.31 Å². The van der Waals surface area contributed by atoms with E-state index >= 15 is 0 Å². The van der Waals surface area contributed by atoms with Crippen LogP contribution in [0, 0.1) is 6.92 Å². The Bertz CT molecular complexity index is 968. The van der Waals surface area contributed by atoms with Crippen molar-refractivity contribution in [2.75, 3.05) is 31.1 Å². The fraction of sp³-hybridized carbons (Fsp3) is 0.474. The van der Waals surface area contributed by atoms with Crippen molar-refractivity contribution >= 4 is 15.8 Å². The second-order valence-electron chi connectivity index (χ2n) is 7.29. The van der Waals surface area contributed by atoms with Crippen LogP contribution in [0.2, 0.25) is 0 Å². The lowest BCUT2D eigenvalue weighted by Crippen LogP contribution is -2.49. The summed E-state index contributed by atoms with van der Waals surface area (Å²) in [5.41, 5.74) is -0.0279. The topological polar surface area (TPSA) is 66.4 Å². The number of rotatable bonds is 4. The molecule has 1 aliphatic rings. The largest absolute Gasteiger partial charge is 0.416 e. The van der Waals surface area contributed by atoms with Gasteiger partial charge in [-0.2, -0.15) is 17.5 Å². The summed E-state index contributed by atoms with van der Waals surface area (Å²) < 4.78 is 65.0. The van der Waals surface area contributed by atoms with Crippen LogP contribution in [0.3, 0.4) is 0 Å². The highest BCUT2D eigenvalue weighted by molar-refractivity contribution is 7.89. The van der Waals surface area contributed by atoms with Gasteiger partial charge in [0.05, 0.1) is 10.5 Å². The third-order valence-electron chi connectivity index (χ3n) is 4.76. The summed E-state index contributed by atoms with van der Waals surface area (Å²) in [5, 5.41) is 0. The van der Waals surface area contributed by atoms with Crippen LogP contribution >= 0.6 is 0 Å². The number of benzene rings is 1. The number of aryl methyl sites for hydroxylation is 1. The van der Waals surface area contributed by atoms with Gasteiger partial charge in [0.25, 0.3) is 0 Å². The van der Waals surface area contributed by atoms with Crippen molar-refractivity contribution in [3.05, 3.63) is 47.4 Å². The van der Waals surface area contributed by atoms with Crippen LogP contribution in [0.1, 0.15) is 36.8 Å². The van der Waals surface area contributed by atoms with E-state index in [9.17, 15) is 21.6 Å². The number of hydrogen-bond acceptors (Lipinski definition) is 5. The van der Waals surface area contributed by atoms with Gasteiger partial charge in [-0.15, -0.1) is 0 Å². The highest BCUT2D eigenvalue weighted by Gasteiger charge is 2.32. The lowest BCUT2D eigenvalue weighted by atomic mass is 10.2. The summed E-state index contributed by atoms with van der Waals surface area (Å²) in [6, 6.07) is 5.47. The Morgan fingerprint density at radius 3 is 2.10 bits per heavy atom. The molecule has 1 saturated heterocycles. The van der Waals surface area contributed by atoms with Gasteiger partial charge in [0.2, 0.25) is 10.0 Å². The monoisotopic (exact) mass is 428 g/mol. The Morgan fingerprint density at radius 1 is 1.00 bits per heavy atom. The van der Waals surface area contributed by atoms with Gasteiger partial charge in [0.1, 0.15) is 11.6 Å². The molecular weight excluding hydrogens is 405 g/mol. The number of halogens is 3.